The third kappa shape index (κ3) is 2.55. The fourth-order valence-corrected chi connectivity index (χ4v) is 2.25. The molecular formula is C15H18O3. The molecule has 1 aliphatic rings. The lowest BCUT2D eigenvalue weighted by Gasteiger charge is -2.35. The lowest BCUT2D eigenvalue weighted by Crippen LogP contribution is -2.35. The molecule has 0 saturated heterocycles. The second-order valence-corrected chi connectivity index (χ2v) is 5.11. The summed E-state index contributed by atoms with van der Waals surface area (Å²) in [5, 5.41) is 0. The Bertz CT molecular complexity index is 463. The molecule has 0 aliphatic carbocycles. The quantitative estimate of drug-likeness (QED) is 0.605. The maximum atomic E-state index is 11.2. The minimum atomic E-state index is -0.324. The molecule has 0 aromatic heterocycles. The molecule has 0 radical (unpaired) electrons. The third-order valence-corrected chi connectivity index (χ3v) is 3.01. The average Bonchev–Trinajstić information content (AvgIpc) is 2.33. The smallest absolute Gasteiger partial charge is 0.127 e. The van der Waals surface area contributed by atoms with E-state index in [2.05, 4.69) is 6.58 Å². The highest BCUT2D eigenvalue weighted by molar-refractivity contribution is 5.66. The van der Waals surface area contributed by atoms with Crippen LogP contribution in [0.3, 0.4) is 0 Å². The standard InChI is InChI=1S/C15H18O3/c1-4-7-17-12-5-6-13-11(10-16)9-15(2,3)18-14(13)8-12/h4-6,8,10-11H,1,7,9H2,2-3H3. The number of rotatable bonds is 4. The number of aldehydes is 1. The van der Waals surface area contributed by atoms with Crippen molar-refractivity contribution in [3.8, 4) is 11.5 Å². The first-order valence-electron chi connectivity index (χ1n) is 6.08. The lowest BCUT2D eigenvalue weighted by atomic mass is 9.85. The van der Waals surface area contributed by atoms with Crippen LogP contribution in [0, 0.1) is 0 Å². The van der Waals surface area contributed by atoms with Gasteiger partial charge < -0.3 is 14.3 Å². The predicted octanol–water partition coefficient (Wildman–Crippen LogP) is 3.10. The molecule has 0 saturated carbocycles. The van der Waals surface area contributed by atoms with Crippen molar-refractivity contribution in [1.29, 1.82) is 0 Å². The van der Waals surface area contributed by atoms with E-state index < -0.39 is 0 Å². The second-order valence-electron chi connectivity index (χ2n) is 5.11. The summed E-state index contributed by atoms with van der Waals surface area (Å²) in [6.07, 6.45) is 3.39. The molecule has 2 rings (SSSR count). The fraction of sp³-hybridized carbons (Fsp3) is 0.400. The Morgan fingerprint density at radius 2 is 2.33 bits per heavy atom. The molecule has 1 atom stereocenters. The van der Waals surface area contributed by atoms with Crippen molar-refractivity contribution in [2.45, 2.75) is 31.8 Å². The zero-order valence-corrected chi connectivity index (χ0v) is 10.8. The number of benzene rings is 1. The highest BCUT2D eigenvalue weighted by Gasteiger charge is 2.33. The Balaban J connectivity index is 2.33. The van der Waals surface area contributed by atoms with Gasteiger partial charge in [0.05, 0.1) is 0 Å². The average molecular weight is 246 g/mol. The van der Waals surface area contributed by atoms with Gasteiger partial charge in [0.2, 0.25) is 0 Å². The Morgan fingerprint density at radius 3 is 3.00 bits per heavy atom. The summed E-state index contributed by atoms with van der Waals surface area (Å²) in [7, 11) is 0. The fourth-order valence-electron chi connectivity index (χ4n) is 2.25. The molecule has 0 bridgehead atoms. The third-order valence-electron chi connectivity index (χ3n) is 3.01. The van der Waals surface area contributed by atoms with Crippen LogP contribution in [0.1, 0.15) is 31.7 Å². The Labute approximate surface area is 107 Å². The zero-order chi connectivity index (χ0) is 13.2. The Hall–Kier alpha value is -1.77. The summed E-state index contributed by atoms with van der Waals surface area (Å²) in [5.41, 5.74) is 0.616. The number of carbonyl (C=O) groups is 1. The van der Waals surface area contributed by atoms with E-state index in [-0.39, 0.29) is 11.5 Å². The molecule has 1 aromatic rings. The van der Waals surface area contributed by atoms with Gasteiger partial charge in [-0.1, -0.05) is 18.7 Å². The first-order valence-corrected chi connectivity index (χ1v) is 6.08. The summed E-state index contributed by atoms with van der Waals surface area (Å²) < 4.78 is 11.4. The van der Waals surface area contributed by atoms with Gasteiger partial charge in [0, 0.05) is 24.0 Å². The molecule has 3 heteroatoms. The number of fused-ring (bicyclic) bond motifs is 1. The van der Waals surface area contributed by atoms with Gasteiger partial charge in [-0.2, -0.15) is 0 Å². The second kappa shape index (κ2) is 4.84. The number of ether oxygens (including phenoxy) is 2. The van der Waals surface area contributed by atoms with Crippen molar-refractivity contribution in [1.82, 2.24) is 0 Å². The SMILES string of the molecule is C=CCOc1ccc2c(c1)OC(C)(C)CC2C=O. The maximum absolute atomic E-state index is 11.2. The van der Waals surface area contributed by atoms with E-state index in [0.717, 1.165) is 23.3 Å². The minimum absolute atomic E-state index is 0.0998. The summed E-state index contributed by atoms with van der Waals surface area (Å²) in [6, 6.07) is 5.61. The molecule has 3 nitrogen and oxygen atoms in total. The molecule has 0 amide bonds. The van der Waals surface area contributed by atoms with Crippen LogP contribution in [-0.4, -0.2) is 18.5 Å². The molecule has 0 spiro atoms. The molecule has 0 fully saturated rings. The topological polar surface area (TPSA) is 35.5 Å². The van der Waals surface area contributed by atoms with Gasteiger partial charge in [-0.25, -0.2) is 0 Å². The van der Waals surface area contributed by atoms with Crippen molar-refractivity contribution < 1.29 is 14.3 Å². The highest BCUT2D eigenvalue weighted by atomic mass is 16.5. The number of carbonyl (C=O) groups excluding carboxylic acids is 1. The summed E-state index contributed by atoms with van der Waals surface area (Å²) in [4.78, 5) is 11.2. The van der Waals surface area contributed by atoms with Crippen molar-refractivity contribution in [3.63, 3.8) is 0 Å². The van der Waals surface area contributed by atoms with Gasteiger partial charge in [-0.05, 0) is 19.9 Å². The first-order chi connectivity index (χ1) is 8.55. The van der Waals surface area contributed by atoms with Gasteiger partial charge in [-0.15, -0.1) is 0 Å². The van der Waals surface area contributed by atoms with Crippen molar-refractivity contribution in [2.75, 3.05) is 6.61 Å². The molecule has 0 N–H and O–H groups in total. The monoisotopic (exact) mass is 246 g/mol. The van der Waals surface area contributed by atoms with Crippen molar-refractivity contribution >= 4 is 6.29 Å². The molecule has 1 aliphatic heterocycles. The first kappa shape index (κ1) is 12.7. The van der Waals surface area contributed by atoms with Gasteiger partial charge in [0.15, 0.2) is 0 Å². The van der Waals surface area contributed by atoms with Crippen molar-refractivity contribution in [3.05, 3.63) is 36.4 Å². The van der Waals surface area contributed by atoms with E-state index in [0.29, 0.717) is 13.0 Å². The number of hydrogen-bond acceptors (Lipinski definition) is 3. The van der Waals surface area contributed by atoms with Crippen LogP contribution >= 0.6 is 0 Å². The minimum Gasteiger partial charge on any atom is -0.489 e. The van der Waals surface area contributed by atoms with E-state index in [4.69, 9.17) is 9.47 Å². The Kier molecular flexibility index (Phi) is 3.41. The van der Waals surface area contributed by atoms with E-state index >= 15 is 0 Å². The molecule has 1 aromatic carbocycles. The molecule has 1 heterocycles. The molecule has 1 unspecified atom stereocenters. The molecule has 18 heavy (non-hydrogen) atoms. The van der Waals surface area contributed by atoms with E-state index in [1.54, 1.807) is 6.08 Å². The summed E-state index contributed by atoms with van der Waals surface area (Å²) in [5.74, 6) is 1.37. The van der Waals surface area contributed by atoms with E-state index in [1.165, 1.54) is 0 Å². The van der Waals surface area contributed by atoms with Gasteiger partial charge in [-0.3, -0.25) is 0 Å². The lowest BCUT2D eigenvalue weighted by molar-refractivity contribution is -0.110. The van der Waals surface area contributed by atoms with E-state index in [1.807, 2.05) is 32.0 Å². The number of hydrogen-bond donors (Lipinski definition) is 0. The summed E-state index contributed by atoms with van der Waals surface area (Å²) >= 11 is 0. The Morgan fingerprint density at radius 1 is 1.56 bits per heavy atom. The molecule has 96 valence electrons. The highest BCUT2D eigenvalue weighted by Crippen LogP contribution is 2.41. The van der Waals surface area contributed by atoms with E-state index in [9.17, 15) is 4.79 Å². The van der Waals surface area contributed by atoms with Gasteiger partial charge in [0.1, 0.15) is 30.0 Å². The maximum Gasteiger partial charge on any atom is 0.127 e. The van der Waals surface area contributed by atoms with Crippen LogP contribution in [0.25, 0.3) is 0 Å². The molecular weight excluding hydrogens is 228 g/mol. The van der Waals surface area contributed by atoms with Crippen molar-refractivity contribution in [2.24, 2.45) is 0 Å². The summed E-state index contributed by atoms with van der Waals surface area (Å²) in [6.45, 7) is 8.05. The van der Waals surface area contributed by atoms with Gasteiger partial charge >= 0.3 is 0 Å². The van der Waals surface area contributed by atoms with Crippen LogP contribution in [0.2, 0.25) is 0 Å². The normalized spacial score (nSPS) is 20.4. The van der Waals surface area contributed by atoms with Crippen LogP contribution < -0.4 is 9.47 Å². The largest absolute Gasteiger partial charge is 0.489 e. The van der Waals surface area contributed by atoms with Crippen LogP contribution in [0.4, 0.5) is 0 Å². The zero-order valence-electron chi connectivity index (χ0n) is 10.8. The van der Waals surface area contributed by atoms with Crippen LogP contribution in [-0.2, 0) is 4.79 Å². The van der Waals surface area contributed by atoms with Crippen LogP contribution in [0.15, 0.2) is 30.9 Å². The predicted molar refractivity (Wildman–Crippen MR) is 70.3 cm³/mol. The van der Waals surface area contributed by atoms with Crippen LogP contribution in [0.5, 0.6) is 11.5 Å². The van der Waals surface area contributed by atoms with Gasteiger partial charge in [0.25, 0.3) is 0 Å².